The number of rotatable bonds is 4. The van der Waals surface area contributed by atoms with Crippen molar-refractivity contribution in [2.24, 2.45) is 0 Å². The van der Waals surface area contributed by atoms with E-state index in [1.165, 1.54) is 23.5 Å². The van der Waals surface area contributed by atoms with Gasteiger partial charge in [-0.05, 0) is 42.3 Å². The van der Waals surface area contributed by atoms with Crippen molar-refractivity contribution >= 4 is 38.9 Å². The second kappa shape index (κ2) is 6.26. The number of sulfonamides is 1. The quantitative estimate of drug-likeness (QED) is 0.779. The van der Waals surface area contributed by atoms with Crippen molar-refractivity contribution in [3.63, 3.8) is 0 Å². The first-order valence-electron chi connectivity index (χ1n) is 6.27. The molecule has 21 heavy (non-hydrogen) atoms. The van der Waals surface area contributed by atoms with Crippen molar-refractivity contribution in [2.75, 3.05) is 11.4 Å². The number of alkyl halides is 1. The van der Waals surface area contributed by atoms with E-state index in [1.54, 1.807) is 18.2 Å². The van der Waals surface area contributed by atoms with Crippen molar-refractivity contribution in [1.29, 1.82) is 0 Å². The van der Waals surface area contributed by atoms with Gasteiger partial charge in [-0.1, -0.05) is 29.8 Å². The molecule has 0 aromatic heterocycles. The average molecular weight is 344 g/mol. The summed E-state index contributed by atoms with van der Waals surface area (Å²) in [5.74, 6) is 0.163. The smallest absolute Gasteiger partial charge is 0.264 e. The van der Waals surface area contributed by atoms with E-state index in [-0.39, 0.29) is 10.8 Å². The van der Waals surface area contributed by atoms with Crippen LogP contribution in [0.1, 0.15) is 11.1 Å². The van der Waals surface area contributed by atoms with Gasteiger partial charge in [-0.2, -0.15) is 0 Å². The number of benzene rings is 2. The van der Waals surface area contributed by atoms with Crippen molar-refractivity contribution in [3.05, 3.63) is 58.6 Å². The number of aryl methyl sites for hydroxylation is 1. The number of hydrogen-bond donors (Lipinski definition) is 0. The molecule has 0 fully saturated rings. The zero-order chi connectivity index (χ0) is 15.6. The van der Waals surface area contributed by atoms with Gasteiger partial charge in [0, 0.05) is 18.0 Å². The molecular weight excluding hydrogens is 329 g/mol. The summed E-state index contributed by atoms with van der Waals surface area (Å²) >= 11 is 11.8. The Bertz CT molecular complexity index is 760. The fourth-order valence-corrected chi connectivity index (χ4v) is 3.80. The van der Waals surface area contributed by atoms with Gasteiger partial charge in [0.15, 0.2) is 0 Å². The molecular formula is C15H15Cl2NO2S. The monoisotopic (exact) mass is 343 g/mol. The lowest BCUT2D eigenvalue weighted by Gasteiger charge is -2.21. The predicted octanol–water partition coefficient (Wildman–Crippen LogP) is 4.21. The van der Waals surface area contributed by atoms with Crippen LogP contribution in [-0.2, 0) is 15.9 Å². The Kier molecular flexibility index (Phi) is 4.81. The minimum Gasteiger partial charge on any atom is -0.269 e. The number of para-hydroxylation sites is 1. The second-order valence-electron chi connectivity index (χ2n) is 4.65. The molecule has 0 heterocycles. The van der Waals surface area contributed by atoms with Crippen LogP contribution in [0.15, 0.2) is 47.4 Å². The fourth-order valence-electron chi connectivity index (χ4n) is 2.02. The zero-order valence-electron chi connectivity index (χ0n) is 11.7. The zero-order valence-corrected chi connectivity index (χ0v) is 14.0. The van der Waals surface area contributed by atoms with E-state index in [0.717, 1.165) is 5.56 Å². The van der Waals surface area contributed by atoms with Crippen molar-refractivity contribution in [3.8, 4) is 0 Å². The minimum absolute atomic E-state index is 0.163. The molecule has 112 valence electrons. The molecule has 0 unspecified atom stereocenters. The maximum Gasteiger partial charge on any atom is 0.264 e. The second-order valence-corrected chi connectivity index (χ2v) is 7.29. The summed E-state index contributed by atoms with van der Waals surface area (Å²) in [6.45, 7) is 1.87. The molecule has 0 spiro atoms. The third-order valence-corrected chi connectivity index (χ3v) is 5.70. The topological polar surface area (TPSA) is 37.4 Å². The highest BCUT2D eigenvalue weighted by Gasteiger charge is 2.23. The molecule has 0 aliphatic carbocycles. The molecule has 0 atom stereocenters. The van der Waals surface area contributed by atoms with E-state index in [4.69, 9.17) is 23.2 Å². The first kappa shape index (κ1) is 16.1. The van der Waals surface area contributed by atoms with E-state index in [9.17, 15) is 8.42 Å². The van der Waals surface area contributed by atoms with Gasteiger partial charge in [0.2, 0.25) is 0 Å². The van der Waals surface area contributed by atoms with Gasteiger partial charge in [-0.15, -0.1) is 11.6 Å². The van der Waals surface area contributed by atoms with Crippen LogP contribution in [0, 0.1) is 6.92 Å². The third kappa shape index (κ3) is 3.18. The summed E-state index contributed by atoms with van der Waals surface area (Å²) in [6.07, 6.45) is 0. The third-order valence-electron chi connectivity index (χ3n) is 3.27. The lowest BCUT2D eigenvalue weighted by Crippen LogP contribution is -2.27. The van der Waals surface area contributed by atoms with Crippen LogP contribution in [0.25, 0.3) is 0 Å². The molecule has 0 bridgehead atoms. The normalized spacial score (nSPS) is 11.4. The van der Waals surface area contributed by atoms with Gasteiger partial charge in [0.25, 0.3) is 10.0 Å². The summed E-state index contributed by atoms with van der Waals surface area (Å²) in [6, 6.07) is 11.9. The van der Waals surface area contributed by atoms with Crippen LogP contribution in [0.2, 0.25) is 5.02 Å². The Hall–Kier alpha value is -1.23. The van der Waals surface area contributed by atoms with Crippen LogP contribution in [0.5, 0.6) is 0 Å². The Morgan fingerprint density at radius 2 is 1.81 bits per heavy atom. The highest BCUT2D eigenvalue weighted by Crippen LogP contribution is 2.27. The minimum atomic E-state index is -3.65. The largest absolute Gasteiger partial charge is 0.269 e. The Morgan fingerprint density at radius 3 is 2.43 bits per heavy atom. The summed E-state index contributed by atoms with van der Waals surface area (Å²) in [5.41, 5.74) is 2.12. The van der Waals surface area contributed by atoms with Crippen LogP contribution >= 0.6 is 23.2 Å². The molecule has 0 N–H and O–H groups in total. The van der Waals surface area contributed by atoms with Gasteiger partial charge in [0.05, 0.1) is 10.6 Å². The Balaban J connectivity index is 2.49. The standard InChI is InChI=1S/C15H15Cl2NO2S/c1-11-5-3-4-6-15(11)18(2)21(19,20)13-7-8-14(17)12(9-13)10-16/h3-9H,10H2,1-2H3. The molecule has 0 aliphatic heterocycles. The number of halogens is 2. The molecule has 2 aromatic rings. The molecule has 0 saturated heterocycles. The highest BCUT2D eigenvalue weighted by atomic mass is 35.5. The summed E-state index contributed by atoms with van der Waals surface area (Å²) in [5, 5.41) is 0.461. The lowest BCUT2D eigenvalue weighted by molar-refractivity contribution is 0.594. The van der Waals surface area contributed by atoms with E-state index in [1.807, 2.05) is 19.1 Å². The van der Waals surface area contributed by atoms with Crippen molar-refractivity contribution < 1.29 is 8.42 Å². The predicted molar refractivity (Wildman–Crippen MR) is 87.8 cm³/mol. The van der Waals surface area contributed by atoms with Crippen LogP contribution in [0.4, 0.5) is 5.69 Å². The molecule has 2 aromatic carbocycles. The van der Waals surface area contributed by atoms with Crippen molar-refractivity contribution in [2.45, 2.75) is 17.7 Å². The van der Waals surface area contributed by atoms with Gasteiger partial charge in [-0.25, -0.2) is 8.42 Å². The first-order valence-corrected chi connectivity index (χ1v) is 8.62. The SMILES string of the molecule is Cc1ccccc1N(C)S(=O)(=O)c1ccc(Cl)c(CCl)c1. The summed E-state index contributed by atoms with van der Waals surface area (Å²) in [4.78, 5) is 0.174. The van der Waals surface area contributed by atoms with E-state index >= 15 is 0 Å². The number of hydrogen-bond acceptors (Lipinski definition) is 2. The Morgan fingerprint density at radius 1 is 1.14 bits per heavy atom. The summed E-state index contributed by atoms with van der Waals surface area (Å²) in [7, 11) is -2.11. The molecule has 2 rings (SSSR count). The van der Waals surface area contributed by atoms with E-state index in [0.29, 0.717) is 16.3 Å². The van der Waals surface area contributed by atoms with Gasteiger partial charge in [0.1, 0.15) is 0 Å². The Labute approximate surface area is 135 Å². The summed E-state index contributed by atoms with van der Waals surface area (Å²) < 4.78 is 26.7. The molecule has 6 heteroatoms. The number of nitrogens with zero attached hydrogens (tertiary/aromatic N) is 1. The molecule has 3 nitrogen and oxygen atoms in total. The highest BCUT2D eigenvalue weighted by molar-refractivity contribution is 7.92. The van der Waals surface area contributed by atoms with Crippen LogP contribution < -0.4 is 4.31 Å². The van der Waals surface area contributed by atoms with Gasteiger partial charge < -0.3 is 0 Å². The fraction of sp³-hybridized carbons (Fsp3) is 0.200. The number of anilines is 1. The maximum atomic E-state index is 12.7. The van der Waals surface area contributed by atoms with Gasteiger partial charge in [-0.3, -0.25) is 4.31 Å². The van der Waals surface area contributed by atoms with Crippen LogP contribution in [0.3, 0.4) is 0 Å². The van der Waals surface area contributed by atoms with Crippen LogP contribution in [-0.4, -0.2) is 15.5 Å². The van der Waals surface area contributed by atoms with Gasteiger partial charge >= 0.3 is 0 Å². The molecule has 0 aliphatic rings. The molecule has 0 saturated carbocycles. The van der Waals surface area contributed by atoms with E-state index < -0.39 is 10.0 Å². The molecule has 0 radical (unpaired) electrons. The van der Waals surface area contributed by atoms with Crippen molar-refractivity contribution in [1.82, 2.24) is 0 Å². The first-order chi connectivity index (χ1) is 9.87. The average Bonchev–Trinajstić information content (AvgIpc) is 2.47. The molecule has 0 amide bonds. The maximum absolute atomic E-state index is 12.7. The van der Waals surface area contributed by atoms with E-state index in [2.05, 4.69) is 0 Å². The lowest BCUT2D eigenvalue weighted by atomic mass is 10.2.